The normalized spacial score (nSPS) is 11.2. The fourth-order valence-electron chi connectivity index (χ4n) is 0.903. The maximum absolute atomic E-state index is 11.4. The fraction of sp³-hybridized carbons (Fsp3) is 0.500. The summed E-state index contributed by atoms with van der Waals surface area (Å²) in [4.78, 5) is 19.3. The summed E-state index contributed by atoms with van der Waals surface area (Å²) in [5.41, 5.74) is -0.468. The van der Waals surface area contributed by atoms with E-state index < -0.39 is 5.60 Å². The van der Waals surface area contributed by atoms with Crippen molar-refractivity contribution in [2.45, 2.75) is 31.4 Å². The maximum atomic E-state index is 11.4. The molecule has 0 N–H and O–H groups in total. The molecule has 0 atom stereocenters. The van der Waals surface area contributed by atoms with Gasteiger partial charge < -0.3 is 4.74 Å². The number of esters is 1. The lowest BCUT2D eigenvalue weighted by Crippen LogP contribution is -2.24. The lowest BCUT2D eigenvalue weighted by Gasteiger charge is -2.19. The highest BCUT2D eigenvalue weighted by molar-refractivity contribution is 8.00. The standard InChI is InChI=1S/C10H13ClN2O2S/c1-10(2,3)15-7(14)6-16-9-8(11)12-4-5-13-9/h4-5H,6H2,1-3H3. The minimum atomic E-state index is -0.468. The van der Waals surface area contributed by atoms with Crippen LogP contribution in [0.15, 0.2) is 17.4 Å². The fourth-order valence-corrected chi connectivity index (χ4v) is 1.79. The summed E-state index contributed by atoms with van der Waals surface area (Å²) in [5.74, 6) is -0.116. The Bertz CT molecular complexity index is 379. The Kier molecular flexibility index (Phi) is 4.56. The molecule has 0 aromatic carbocycles. The van der Waals surface area contributed by atoms with Crippen LogP contribution < -0.4 is 0 Å². The van der Waals surface area contributed by atoms with Crippen LogP contribution in [0.3, 0.4) is 0 Å². The molecular weight excluding hydrogens is 248 g/mol. The summed E-state index contributed by atoms with van der Waals surface area (Å²) in [7, 11) is 0. The van der Waals surface area contributed by atoms with Gasteiger partial charge in [-0.2, -0.15) is 0 Å². The predicted molar refractivity (Wildman–Crippen MR) is 63.6 cm³/mol. The van der Waals surface area contributed by atoms with Crippen molar-refractivity contribution in [2.75, 3.05) is 5.75 Å². The zero-order valence-electron chi connectivity index (χ0n) is 9.36. The zero-order chi connectivity index (χ0) is 12.2. The van der Waals surface area contributed by atoms with Crippen LogP contribution >= 0.6 is 23.4 Å². The van der Waals surface area contributed by atoms with Gasteiger partial charge in [0.15, 0.2) is 5.15 Å². The van der Waals surface area contributed by atoms with Crippen LogP contribution in [0.2, 0.25) is 5.15 Å². The highest BCUT2D eigenvalue weighted by Gasteiger charge is 2.17. The highest BCUT2D eigenvalue weighted by Crippen LogP contribution is 2.22. The number of carbonyl (C=O) groups excluding carboxylic acids is 1. The molecule has 1 heterocycles. The van der Waals surface area contributed by atoms with Crippen molar-refractivity contribution in [3.8, 4) is 0 Å². The van der Waals surface area contributed by atoms with Crippen LogP contribution in [0.25, 0.3) is 0 Å². The van der Waals surface area contributed by atoms with E-state index in [2.05, 4.69) is 9.97 Å². The second-order valence-corrected chi connectivity index (χ2v) is 5.35. The molecule has 6 heteroatoms. The zero-order valence-corrected chi connectivity index (χ0v) is 10.9. The molecule has 0 aliphatic rings. The molecule has 1 rings (SSSR count). The number of thioether (sulfide) groups is 1. The molecular formula is C10H13ClN2O2S. The number of carbonyl (C=O) groups is 1. The Morgan fingerprint density at radius 2 is 2.06 bits per heavy atom. The molecule has 1 aromatic rings. The molecule has 0 unspecified atom stereocenters. The van der Waals surface area contributed by atoms with Gasteiger partial charge in [0.05, 0.1) is 5.75 Å². The van der Waals surface area contributed by atoms with Gasteiger partial charge in [-0.15, -0.1) is 0 Å². The van der Waals surface area contributed by atoms with Crippen LogP contribution in [0.4, 0.5) is 0 Å². The first-order valence-corrected chi connectivity index (χ1v) is 6.06. The van der Waals surface area contributed by atoms with Crippen molar-refractivity contribution < 1.29 is 9.53 Å². The number of rotatable bonds is 3. The van der Waals surface area contributed by atoms with Gasteiger partial charge in [-0.25, -0.2) is 9.97 Å². The summed E-state index contributed by atoms with van der Waals surface area (Å²) in [6.45, 7) is 5.47. The second kappa shape index (κ2) is 5.50. The van der Waals surface area contributed by atoms with Gasteiger partial charge in [-0.1, -0.05) is 23.4 Å². The molecule has 0 saturated heterocycles. The molecule has 16 heavy (non-hydrogen) atoms. The number of ether oxygens (including phenoxy) is 1. The van der Waals surface area contributed by atoms with Crippen LogP contribution in [0, 0.1) is 0 Å². The van der Waals surface area contributed by atoms with Crippen molar-refractivity contribution in [1.29, 1.82) is 0 Å². The van der Waals surface area contributed by atoms with Crippen LogP contribution in [-0.2, 0) is 9.53 Å². The first-order valence-electron chi connectivity index (χ1n) is 4.69. The van der Waals surface area contributed by atoms with Gasteiger partial charge in [0.2, 0.25) is 0 Å². The molecule has 4 nitrogen and oxygen atoms in total. The first kappa shape index (κ1) is 13.3. The molecule has 0 saturated carbocycles. The molecule has 0 radical (unpaired) electrons. The summed E-state index contributed by atoms with van der Waals surface area (Å²) in [6, 6.07) is 0. The summed E-state index contributed by atoms with van der Waals surface area (Å²) < 4.78 is 5.15. The van der Waals surface area contributed by atoms with Crippen molar-refractivity contribution in [2.24, 2.45) is 0 Å². The van der Waals surface area contributed by atoms with E-state index in [1.807, 2.05) is 20.8 Å². The maximum Gasteiger partial charge on any atom is 0.316 e. The highest BCUT2D eigenvalue weighted by atomic mass is 35.5. The average Bonchev–Trinajstić information content (AvgIpc) is 2.14. The van der Waals surface area contributed by atoms with Crippen LogP contribution in [0.1, 0.15) is 20.8 Å². The van der Waals surface area contributed by atoms with Gasteiger partial charge >= 0.3 is 5.97 Å². The molecule has 0 amide bonds. The molecule has 0 fully saturated rings. The summed E-state index contributed by atoms with van der Waals surface area (Å²) >= 11 is 7.01. The van der Waals surface area contributed by atoms with Gasteiger partial charge in [0, 0.05) is 12.4 Å². The molecule has 0 aliphatic heterocycles. The topological polar surface area (TPSA) is 52.1 Å². The van der Waals surface area contributed by atoms with Crippen LogP contribution in [0.5, 0.6) is 0 Å². The third kappa shape index (κ3) is 4.81. The monoisotopic (exact) mass is 260 g/mol. The largest absolute Gasteiger partial charge is 0.459 e. The van der Waals surface area contributed by atoms with E-state index in [4.69, 9.17) is 16.3 Å². The van der Waals surface area contributed by atoms with Crippen molar-refractivity contribution >= 4 is 29.3 Å². The Balaban J connectivity index is 2.47. The minimum absolute atomic E-state index is 0.176. The second-order valence-electron chi connectivity index (χ2n) is 4.03. The van der Waals surface area contributed by atoms with Crippen LogP contribution in [-0.4, -0.2) is 27.3 Å². The lowest BCUT2D eigenvalue weighted by atomic mass is 10.2. The van der Waals surface area contributed by atoms with E-state index in [1.54, 1.807) is 0 Å². The van der Waals surface area contributed by atoms with Gasteiger partial charge in [0.1, 0.15) is 10.6 Å². The number of hydrogen-bond donors (Lipinski definition) is 0. The molecule has 0 aliphatic carbocycles. The van der Waals surface area contributed by atoms with Gasteiger partial charge in [0.25, 0.3) is 0 Å². The number of hydrogen-bond acceptors (Lipinski definition) is 5. The first-order chi connectivity index (χ1) is 7.38. The van der Waals surface area contributed by atoms with E-state index in [1.165, 1.54) is 24.2 Å². The van der Waals surface area contributed by atoms with Gasteiger partial charge in [-0.3, -0.25) is 4.79 Å². The van der Waals surface area contributed by atoms with Crippen molar-refractivity contribution in [3.63, 3.8) is 0 Å². The smallest absolute Gasteiger partial charge is 0.316 e. The third-order valence-electron chi connectivity index (χ3n) is 1.37. The Hall–Kier alpha value is -0.810. The number of halogens is 1. The number of nitrogens with zero attached hydrogens (tertiary/aromatic N) is 2. The Morgan fingerprint density at radius 3 is 2.62 bits per heavy atom. The average molecular weight is 261 g/mol. The minimum Gasteiger partial charge on any atom is -0.459 e. The predicted octanol–water partition coefficient (Wildman–Crippen LogP) is 2.56. The summed E-state index contributed by atoms with van der Waals surface area (Å²) in [6.07, 6.45) is 3.03. The molecule has 1 aromatic heterocycles. The van der Waals surface area contributed by atoms with E-state index in [0.29, 0.717) is 10.2 Å². The van der Waals surface area contributed by atoms with E-state index in [9.17, 15) is 4.79 Å². The van der Waals surface area contributed by atoms with Crippen molar-refractivity contribution in [3.05, 3.63) is 17.5 Å². The van der Waals surface area contributed by atoms with Gasteiger partial charge in [-0.05, 0) is 20.8 Å². The molecule has 88 valence electrons. The van der Waals surface area contributed by atoms with E-state index >= 15 is 0 Å². The van der Waals surface area contributed by atoms with E-state index in [-0.39, 0.29) is 11.7 Å². The lowest BCUT2D eigenvalue weighted by molar-refractivity contribution is -0.151. The summed E-state index contributed by atoms with van der Waals surface area (Å²) in [5, 5.41) is 0.839. The molecule has 0 spiro atoms. The van der Waals surface area contributed by atoms with E-state index in [0.717, 1.165) is 0 Å². The third-order valence-corrected chi connectivity index (χ3v) is 2.71. The van der Waals surface area contributed by atoms with Crippen molar-refractivity contribution in [1.82, 2.24) is 9.97 Å². The molecule has 0 bridgehead atoms. The Labute approximate surface area is 104 Å². The SMILES string of the molecule is CC(C)(C)OC(=O)CSc1nccnc1Cl. The number of aromatic nitrogens is 2. The Morgan fingerprint density at radius 1 is 1.44 bits per heavy atom. The quantitative estimate of drug-likeness (QED) is 0.618.